The van der Waals surface area contributed by atoms with Crippen molar-refractivity contribution in [3.8, 4) is 11.1 Å². The van der Waals surface area contributed by atoms with Gasteiger partial charge in [0.15, 0.2) is 0 Å². The van der Waals surface area contributed by atoms with Crippen molar-refractivity contribution in [2.75, 3.05) is 0 Å². The average Bonchev–Trinajstić information content (AvgIpc) is 2.83. The van der Waals surface area contributed by atoms with Gasteiger partial charge >= 0.3 is 191 Å². The largest absolute Gasteiger partial charge is 1.00 e. The van der Waals surface area contributed by atoms with Crippen LogP contribution < -0.4 is 35.2 Å². The third-order valence-electron chi connectivity index (χ3n) is 6.44. The number of hydrogen-bond acceptors (Lipinski definition) is 0. The SMILES string of the molecule is CCCCc1c(C)c([Si](C)(C)C)cc2c1[CH]([Zr+2])c1cc(C)c([Si](C)(C)C)cc1-2.[Cl-].[Cl-]. The maximum atomic E-state index is 2.62. The molecule has 0 saturated carbocycles. The molecule has 0 N–H and O–H groups in total. The van der Waals surface area contributed by atoms with Gasteiger partial charge in [-0.25, -0.2) is 0 Å². The first-order chi connectivity index (χ1) is 12.9. The Labute approximate surface area is 214 Å². The molecule has 2 aromatic carbocycles. The summed E-state index contributed by atoms with van der Waals surface area (Å²) >= 11 is 1.64. The number of fused-ring (bicyclic) bond motifs is 3. The minimum atomic E-state index is -1.38. The second kappa shape index (κ2) is 10.1. The molecule has 1 unspecified atom stereocenters. The molecule has 2 aromatic rings. The van der Waals surface area contributed by atoms with Crippen LogP contribution >= 0.6 is 0 Å². The van der Waals surface area contributed by atoms with Crippen molar-refractivity contribution in [3.63, 3.8) is 0 Å². The van der Waals surface area contributed by atoms with Crippen LogP contribution in [-0.4, -0.2) is 16.1 Å². The van der Waals surface area contributed by atoms with Crippen molar-refractivity contribution in [2.24, 2.45) is 0 Å². The summed E-state index contributed by atoms with van der Waals surface area (Å²) in [6.07, 6.45) is 3.83. The molecule has 0 aliphatic heterocycles. The van der Waals surface area contributed by atoms with Crippen LogP contribution in [0, 0.1) is 13.8 Å². The van der Waals surface area contributed by atoms with E-state index in [4.69, 9.17) is 0 Å². The zero-order valence-electron chi connectivity index (χ0n) is 20.2. The van der Waals surface area contributed by atoms with Crippen molar-refractivity contribution >= 4 is 26.5 Å². The molecule has 0 aromatic heterocycles. The van der Waals surface area contributed by atoms with Gasteiger partial charge in [0.05, 0.1) is 0 Å². The summed E-state index contributed by atoms with van der Waals surface area (Å²) in [5.74, 6) is 0. The number of aryl methyl sites for hydroxylation is 1. The van der Waals surface area contributed by atoms with Gasteiger partial charge in [0, 0.05) is 0 Å². The fraction of sp³-hybridized carbons (Fsp3) is 0.520. The molecule has 3 rings (SSSR count). The van der Waals surface area contributed by atoms with E-state index in [1.54, 1.807) is 68.5 Å². The summed E-state index contributed by atoms with van der Waals surface area (Å²) in [6, 6.07) is 7.78. The molecule has 30 heavy (non-hydrogen) atoms. The van der Waals surface area contributed by atoms with E-state index in [1.807, 2.05) is 0 Å². The molecule has 0 saturated heterocycles. The second-order valence-corrected chi connectivity index (χ2v) is 22.3. The summed E-state index contributed by atoms with van der Waals surface area (Å²) in [6.45, 7) is 22.1. The van der Waals surface area contributed by atoms with E-state index < -0.39 is 16.1 Å². The van der Waals surface area contributed by atoms with E-state index in [-0.39, 0.29) is 24.8 Å². The monoisotopic (exact) mass is 553 g/mol. The Kier molecular flexibility index (Phi) is 9.53. The van der Waals surface area contributed by atoms with Gasteiger partial charge in [-0.2, -0.15) is 0 Å². The van der Waals surface area contributed by atoms with Crippen molar-refractivity contribution in [2.45, 2.75) is 82.9 Å². The average molecular weight is 556 g/mol. The maximum Gasteiger partial charge on any atom is -1.00 e. The minimum absolute atomic E-state index is 0. The topological polar surface area (TPSA) is 0 Å². The fourth-order valence-corrected chi connectivity index (χ4v) is 10.1. The Morgan fingerprint density at radius 3 is 1.87 bits per heavy atom. The van der Waals surface area contributed by atoms with Crippen LogP contribution in [0.1, 0.15) is 51.2 Å². The standard InChI is InChI=1S/C25H37Si2.2ClH.Zr/c1-10-11-12-20-18(3)25(27(7,8)9)16-23-21-15-24(26(4,5)6)17(2)13-19(21)14-22(20)23;;;/h13-16H,10-12H2,1-9H3;2*1H;/q;;;+2/p-2. The molecule has 163 valence electrons. The molecule has 1 aliphatic rings. The fourth-order valence-electron chi connectivity index (χ4n) is 5.03. The first-order valence-electron chi connectivity index (χ1n) is 10.9. The molecular formula is C25H37Cl2Si2Zr. The van der Waals surface area contributed by atoms with Crippen LogP contribution in [0.4, 0.5) is 0 Å². The van der Waals surface area contributed by atoms with Crippen molar-refractivity contribution in [3.05, 3.63) is 46.0 Å². The van der Waals surface area contributed by atoms with Gasteiger partial charge in [0.1, 0.15) is 0 Å². The summed E-state index contributed by atoms with van der Waals surface area (Å²) in [7, 11) is -2.72. The maximum absolute atomic E-state index is 2.62. The Morgan fingerprint density at radius 2 is 1.37 bits per heavy atom. The Balaban J connectivity index is 0.00000225. The van der Waals surface area contributed by atoms with E-state index >= 15 is 0 Å². The number of rotatable bonds is 5. The van der Waals surface area contributed by atoms with Crippen LogP contribution in [0.15, 0.2) is 18.2 Å². The van der Waals surface area contributed by atoms with Gasteiger partial charge in [-0.15, -0.1) is 0 Å². The van der Waals surface area contributed by atoms with E-state index in [9.17, 15) is 0 Å². The van der Waals surface area contributed by atoms with Gasteiger partial charge in [0.25, 0.3) is 0 Å². The predicted molar refractivity (Wildman–Crippen MR) is 128 cm³/mol. The molecular weight excluding hydrogens is 519 g/mol. The molecule has 5 heteroatoms. The van der Waals surface area contributed by atoms with Crippen molar-refractivity contribution in [1.29, 1.82) is 0 Å². The van der Waals surface area contributed by atoms with Crippen LogP contribution in [0.2, 0.25) is 39.3 Å². The third-order valence-corrected chi connectivity index (χ3v) is 12.2. The Hall–Kier alpha value is 0.337. The van der Waals surface area contributed by atoms with Gasteiger partial charge in [0.2, 0.25) is 0 Å². The molecule has 1 atom stereocenters. The van der Waals surface area contributed by atoms with E-state index in [0.29, 0.717) is 3.63 Å². The predicted octanol–water partition coefficient (Wildman–Crippen LogP) is 0.361. The van der Waals surface area contributed by atoms with E-state index in [2.05, 4.69) is 78.3 Å². The van der Waals surface area contributed by atoms with Crippen LogP contribution in [0.5, 0.6) is 0 Å². The normalized spacial score (nSPS) is 15.2. The summed E-state index contributed by atoms with van der Waals surface area (Å²) in [5, 5.41) is 3.33. The zero-order chi connectivity index (χ0) is 21.0. The number of halogens is 2. The molecule has 0 amide bonds. The van der Waals surface area contributed by atoms with Gasteiger partial charge in [-0.1, -0.05) is 0 Å². The summed E-state index contributed by atoms with van der Waals surface area (Å²) in [4.78, 5) is 0. The molecule has 0 radical (unpaired) electrons. The quantitative estimate of drug-likeness (QED) is 0.468. The minimum Gasteiger partial charge on any atom is -1.00 e. The van der Waals surface area contributed by atoms with Crippen molar-refractivity contribution < 1.29 is 49.5 Å². The van der Waals surface area contributed by atoms with E-state index in [1.165, 1.54) is 24.8 Å². The molecule has 1 aliphatic carbocycles. The second-order valence-electron chi connectivity index (χ2n) is 10.8. The summed E-state index contributed by atoms with van der Waals surface area (Å²) in [5.41, 5.74) is 11.3. The summed E-state index contributed by atoms with van der Waals surface area (Å²) < 4.78 is 0.618. The van der Waals surface area contributed by atoms with Gasteiger partial charge in [-0.3, -0.25) is 0 Å². The first kappa shape index (κ1) is 28.4. The first-order valence-corrected chi connectivity index (χ1v) is 19.3. The number of unbranched alkanes of at least 4 members (excludes halogenated alkanes) is 1. The van der Waals surface area contributed by atoms with Crippen LogP contribution in [0.3, 0.4) is 0 Å². The molecule has 0 nitrogen and oxygen atoms in total. The van der Waals surface area contributed by atoms with Crippen molar-refractivity contribution in [1.82, 2.24) is 0 Å². The zero-order valence-corrected chi connectivity index (χ0v) is 26.2. The Morgan fingerprint density at radius 1 is 0.833 bits per heavy atom. The Bertz CT molecular complexity index is 924. The van der Waals surface area contributed by atoms with Gasteiger partial charge in [-0.05, 0) is 0 Å². The van der Waals surface area contributed by atoms with Crippen LogP contribution in [-0.2, 0) is 31.1 Å². The van der Waals surface area contributed by atoms with Crippen LogP contribution in [0.25, 0.3) is 11.1 Å². The van der Waals surface area contributed by atoms with E-state index in [0.717, 1.165) is 0 Å². The third kappa shape index (κ3) is 5.12. The molecule has 0 fully saturated rings. The number of benzene rings is 2. The smallest absolute Gasteiger partial charge is 1.00 e. The molecule has 0 spiro atoms. The number of hydrogen-bond donors (Lipinski definition) is 0. The molecule has 0 heterocycles. The van der Waals surface area contributed by atoms with Gasteiger partial charge < -0.3 is 24.8 Å². The molecule has 0 bridgehead atoms.